The summed E-state index contributed by atoms with van der Waals surface area (Å²) in [5.74, 6) is 0.551. The molecule has 0 amide bonds. The smallest absolute Gasteiger partial charge is 0.150 e. The van der Waals surface area contributed by atoms with Crippen molar-refractivity contribution in [3.8, 4) is 22.6 Å². The Labute approximate surface area is 110 Å². The molecule has 0 aliphatic heterocycles. The van der Waals surface area contributed by atoms with Gasteiger partial charge in [-0.05, 0) is 35.9 Å². The zero-order chi connectivity index (χ0) is 13.8. The lowest BCUT2D eigenvalue weighted by Crippen LogP contribution is -1.93. The molecule has 2 aromatic rings. The number of carbonyl (C=O) groups is 1. The molecule has 0 aliphatic rings. The molecule has 0 saturated heterocycles. The maximum Gasteiger partial charge on any atom is 0.150 e. The summed E-state index contributed by atoms with van der Waals surface area (Å²) in [6.45, 7) is 0. The van der Waals surface area contributed by atoms with Crippen molar-refractivity contribution in [1.29, 1.82) is 0 Å². The highest BCUT2D eigenvalue weighted by Crippen LogP contribution is 2.30. The van der Waals surface area contributed by atoms with Gasteiger partial charge in [0.1, 0.15) is 17.3 Å². The highest BCUT2D eigenvalue weighted by molar-refractivity contribution is 5.88. The summed E-state index contributed by atoms with van der Waals surface area (Å²) in [6.07, 6.45) is 0.682. The van der Waals surface area contributed by atoms with E-state index in [0.717, 1.165) is 0 Å². The van der Waals surface area contributed by atoms with Crippen LogP contribution < -0.4 is 9.47 Å². The zero-order valence-electron chi connectivity index (χ0n) is 10.6. The van der Waals surface area contributed by atoms with Crippen LogP contribution in [0.1, 0.15) is 10.4 Å². The summed E-state index contributed by atoms with van der Waals surface area (Å²) >= 11 is 0. The van der Waals surface area contributed by atoms with E-state index < -0.39 is 5.82 Å². The SMILES string of the molecule is COc1ccc(-c2ccc(OC)cc2C=O)c(F)c1. The lowest BCUT2D eigenvalue weighted by Gasteiger charge is -2.09. The van der Waals surface area contributed by atoms with Gasteiger partial charge in [-0.3, -0.25) is 4.79 Å². The number of hydrogen-bond acceptors (Lipinski definition) is 3. The van der Waals surface area contributed by atoms with Crippen LogP contribution in [-0.2, 0) is 0 Å². The Balaban J connectivity index is 2.55. The molecule has 3 nitrogen and oxygen atoms in total. The molecule has 19 heavy (non-hydrogen) atoms. The lowest BCUT2D eigenvalue weighted by atomic mass is 9.99. The highest BCUT2D eigenvalue weighted by atomic mass is 19.1. The summed E-state index contributed by atoms with van der Waals surface area (Å²) in [4.78, 5) is 11.1. The fourth-order valence-corrected chi connectivity index (χ4v) is 1.85. The highest BCUT2D eigenvalue weighted by Gasteiger charge is 2.11. The topological polar surface area (TPSA) is 35.5 Å². The van der Waals surface area contributed by atoms with Gasteiger partial charge in [0.2, 0.25) is 0 Å². The third-order valence-corrected chi connectivity index (χ3v) is 2.85. The van der Waals surface area contributed by atoms with Crippen LogP contribution in [0.15, 0.2) is 36.4 Å². The second kappa shape index (κ2) is 5.52. The fraction of sp³-hybridized carbons (Fsp3) is 0.133. The van der Waals surface area contributed by atoms with E-state index in [1.807, 2.05) is 0 Å². The van der Waals surface area contributed by atoms with Gasteiger partial charge in [-0.2, -0.15) is 0 Å². The Hall–Kier alpha value is -2.36. The van der Waals surface area contributed by atoms with Crippen molar-refractivity contribution in [1.82, 2.24) is 0 Å². The molecular weight excluding hydrogens is 247 g/mol. The molecule has 0 atom stereocenters. The molecule has 0 aliphatic carbocycles. The quantitative estimate of drug-likeness (QED) is 0.791. The van der Waals surface area contributed by atoms with Crippen LogP contribution in [0.3, 0.4) is 0 Å². The number of benzene rings is 2. The summed E-state index contributed by atoms with van der Waals surface area (Å²) in [7, 11) is 2.98. The second-order valence-corrected chi connectivity index (χ2v) is 3.92. The van der Waals surface area contributed by atoms with Gasteiger partial charge < -0.3 is 9.47 Å². The van der Waals surface area contributed by atoms with Crippen LogP contribution >= 0.6 is 0 Å². The first-order valence-electron chi connectivity index (χ1n) is 5.66. The van der Waals surface area contributed by atoms with E-state index in [1.165, 1.54) is 20.3 Å². The number of ether oxygens (including phenoxy) is 2. The summed E-state index contributed by atoms with van der Waals surface area (Å²) < 4.78 is 24.0. The van der Waals surface area contributed by atoms with E-state index in [1.54, 1.807) is 30.3 Å². The maximum atomic E-state index is 14.0. The predicted molar refractivity (Wildman–Crippen MR) is 70.3 cm³/mol. The minimum absolute atomic E-state index is 0.352. The fourth-order valence-electron chi connectivity index (χ4n) is 1.85. The number of hydrogen-bond donors (Lipinski definition) is 0. The van der Waals surface area contributed by atoms with E-state index in [0.29, 0.717) is 34.5 Å². The minimum atomic E-state index is -0.437. The largest absolute Gasteiger partial charge is 0.497 e. The van der Waals surface area contributed by atoms with Crippen molar-refractivity contribution in [2.45, 2.75) is 0 Å². The van der Waals surface area contributed by atoms with Gasteiger partial charge in [-0.1, -0.05) is 0 Å². The van der Waals surface area contributed by atoms with Crippen molar-refractivity contribution in [3.05, 3.63) is 47.8 Å². The molecule has 2 aromatic carbocycles. The van der Waals surface area contributed by atoms with Crippen LogP contribution in [0.25, 0.3) is 11.1 Å². The first-order chi connectivity index (χ1) is 9.19. The number of carbonyl (C=O) groups excluding carboxylic acids is 1. The first-order valence-corrected chi connectivity index (χ1v) is 5.66. The monoisotopic (exact) mass is 260 g/mol. The third-order valence-electron chi connectivity index (χ3n) is 2.85. The standard InChI is InChI=1S/C15H13FO3/c1-18-11-3-5-13(10(7-11)9-17)14-6-4-12(19-2)8-15(14)16/h3-9H,1-2H3. The lowest BCUT2D eigenvalue weighted by molar-refractivity contribution is 0.112. The molecule has 0 heterocycles. The Morgan fingerprint density at radius 2 is 1.53 bits per heavy atom. The van der Waals surface area contributed by atoms with Gasteiger partial charge in [0.15, 0.2) is 6.29 Å². The number of methoxy groups -OCH3 is 2. The van der Waals surface area contributed by atoms with E-state index in [9.17, 15) is 9.18 Å². The van der Waals surface area contributed by atoms with Gasteiger partial charge >= 0.3 is 0 Å². The molecule has 0 bridgehead atoms. The minimum Gasteiger partial charge on any atom is -0.497 e. The molecule has 0 spiro atoms. The molecule has 2 rings (SSSR count). The van der Waals surface area contributed by atoms with E-state index >= 15 is 0 Å². The van der Waals surface area contributed by atoms with E-state index in [4.69, 9.17) is 9.47 Å². The molecule has 0 unspecified atom stereocenters. The van der Waals surface area contributed by atoms with Crippen molar-refractivity contribution < 1.29 is 18.7 Å². The van der Waals surface area contributed by atoms with Crippen molar-refractivity contribution in [2.24, 2.45) is 0 Å². The molecule has 0 radical (unpaired) electrons. The second-order valence-electron chi connectivity index (χ2n) is 3.92. The summed E-state index contributed by atoms with van der Waals surface area (Å²) in [6, 6.07) is 9.44. The average molecular weight is 260 g/mol. The Bertz CT molecular complexity index is 608. The zero-order valence-corrected chi connectivity index (χ0v) is 10.6. The summed E-state index contributed by atoms with van der Waals surface area (Å²) in [5.41, 5.74) is 1.25. The van der Waals surface area contributed by atoms with Crippen LogP contribution in [0, 0.1) is 5.82 Å². The predicted octanol–water partition coefficient (Wildman–Crippen LogP) is 3.32. The molecule has 98 valence electrons. The molecular formula is C15H13FO3. The van der Waals surface area contributed by atoms with Crippen molar-refractivity contribution >= 4 is 6.29 Å². The normalized spacial score (nSPS) is 10.1. The van der Waals surface area contributed by atoms with Crippen LogP contribution in [0.2, 0.25) is 0 Å². The summed E-state index contributed by atoms with van der Waals surface area (Å²) in [5, 5.41) is 0. The first kappa shape index (κ1) is 13.1. The third kappa shape index (κ3) is 2.57. The number of rotatable bonds is 4. The Morgan fingerprint density at radius 1 is 0.947 bits per heavy atom. The van der Waals surface area contributed by atoms with Crippen molar-refractivity contribution in [3.63, 3.8) is 0 Å². The van der Waals surface area contributed by atoms with Gasteiger partial charge in [0, 0.05) is 17.2 Å². The molecule has 0 fully saturated rings. The average Bonchev–Trinajstić information content (AvgIpc) is 2.46. The van der Waals surface area contributed by atoms with Gasteiger partial charge in [-0.25, -0.2) is 4.39 Å². The van der Waals surface area contributed by atoms with E-state index in [-0.39, 0.29) is 0 Å². The van der Waals surface area contributed by atoms with Crippen molar-refractivity contribution in [2.75, 3.05) is 14.2 Å². The molecule has 4 heteroatoms. The van der Waals surface area contributed by atoms with Gasteiger partial charge in [-0.15, -0.1) is 0 Å². The number of halogens is 1. The van der Waals surface area contributed by atoms with Gasteiger partial charge in [0.05, 0.1) is 14.2 Å². The molecule has 0 N–H and O–H groups in total. The van der Waals surface area contributed by atoms with Gasteiger partial charge in [0.25, 0.3) is 0 Å². The Kier molecular flexibility index (Phi) is 3.80. The van der Waals surface area contributed by atoms with Crippen LogP contribution in [0.4, 0.5) is 4.39 Å². The number of aldehydes is 1. The van der Waals surface area contributed by atoms with Crippen LogP contribution in [-0.4, -0.2) is 20.5 Å². The molecule has 0 saturated carbocycles. The Morgan fingerprint density at radius 3 is 2.05 bits per heavy atom. The maximum absolute atomic E-state index is 14.0. The van der Waals surface area contributed by atoms with E-state index in [2.05, 4.69) is 0 Å². The molecule has 0 aromatic heterocycles. The van der Waals surface area contributed by atoms with Crippen LogP contribution in [0.5, 0.6) is 11.5 Å².